The molecule has 106 valence electrons. The zero-order valence-electron chi connectivity index (χ0n) is 12.4. The standard InChI is InChI=1S/C18H22O2/c1-18(2,3)14(12-19)11-17(20)16-10-6-8-13-7-4-5-9-15(13)16/h4-10,14,19H,11-12H2,1-3H3. The Balaban J connectivity index is 2.32. The summed E-state index contributed by atoms with van der Waals surface area (Å²) in [5.74, 6) is 0.0877. The van der Waals surface area contributed by atoms with E-state index in [0.717, 1.165) is 16.3 Å². The predicted molar refractivity (Wildman–Crippen MR) is 82.9 cm³/mol. The molecule has 0 aliphatic heterocycles. The highest BCUT2D eigenvalue weighted by molar-refractivity contribution is 6.08. The Kier molecular flexibility index (Phi) is 4.24. The molecule has 0 aliphatic carbocycles. The van der Waals surface area contributed by atoms with Gasteiger partial charge in [-0.25, -0.2) is 0 Å². The molecule has 1 N–H and O–H groups in total. The molecule has 0 amide bonds. The summed E-state index contributed by atoms with van der Waals surface area (Å²) in [5.41, 5.74) is 0.681. The van der Waals surface area contributed by atoms with Crippen LogP contribution in [0.3, 0.4) is 0 Å². The van der Waals surface area contributed by atoms with Gasteiger partial charge in [-0.1, -0.05) is 63.2 Å². The molecule has 0 fully saturated rings. The maximum atomic E-state index is 12.6. The van der Waals surface area contributed by atoms with E-state index in [1.165, 1.54) is 0 Å². The van der Waals surface area contributed by atoms with Crippen LogP contribution in [0, 0.1) is 11.3 Å². The number of benzene rings is 2. The van der Waals surface area contributed by atoms with Crippen molar-refractivity contribution in [1.82, 2.24) is 0 Å². The van der Waals surface area contributed by atoms with Crippen molar-refractivity contribution in [2.75, 3.05) is 6.61 Å². The van der Waals surface area contributed by atoms with Gasteiger partial charge in [-0.15, -0.1) is 0 Å². The van der Waals surface area contributed by atoms with Crippen molar-refractivity contribution in [3.8, 4) is 0 Å². The molecule has 2 nitrogen and oxygen atoms in total. The van der Waals surface area contributed by atoms with Crippen molar-refractivity contribution in [2.45, 2.75) is 27.2 Å². The summed E-state index contributed by atoms with van der Waals surface area (Å²) in [6, 6.07) is 13.7. The van der Waals surface area contributed by atoms with E-state index in [9.17, 15) is 9.90 Å². The third-order valence-electron chi connectivity index (χ3n) is 3.97. The molecule has 2 aromatic rings. The number of carbonyl (C=O) groups is 1. The van der Waals surface area contributed by atoms with Gasteiger partial charge in [0.25, 0.3) is 0 Å². The summed E-state index contributed by atoms with van der Waals surface area (Å²) in [7, 11) is 0. The van der Waals surface area contributed by atoms with Gasteiger partial charge in [-0.2, -0.15) is 0 Å². The van der Waals surface area contributed by atoms with Crippen molar-refractivity contribution >= 4 is 16.6 Å². The molecule has 0 heterocycles. The fourth-order valence-electron chi connectivity index (χ4n) is 2.45. The lowest BCUT2D eigenvalue weighted by molar-refractivity contribution is 0.0820. The number of hydrogen-bond acceptors (Lipinski definition) is 2. The van der Waals surface area contributed by atoms with E-state index in [1.807, 2.05) is 42.5 Å². The van der Waals surface area contributed by atoms with Crippen LogP contribution in [0.15, 0.2) is 42.5 Å². The summed E-state index contributed by atoms with van der Waals surface area (Å²) in [5, 5.41) is 11.6. The van der Waals surface area contributed by atoms with Crippen molar-refractivity contribution in [2.24, 2.45) is 11.3 Å². The van der Waals surface area contributed by atoms with E-state index in [0.29, 0.717) is 6.42 Å². The maximum Gasteiger partial charge on any atom is 0.163 e. The smallest absolute Gasteiger partial charge is 0.163 e. The summed E-state index contributed by atoms with van der Waals surface area (Å²) in [4.78, 5) is 12.6. The number of carbonyl (C=O) groups excluding carboxylic acids is 1. The van der Waals surface area contributed by atoms with Gasteiger partial charge < -0.3 is 5.11 Å². The lowest BCUT2D eigenvalue weighted by Crippen LogP contribution is -2.26. The monoisotopic (exact) mass is 270 g/mol. The van der Waals surface area contributed by atoms with Gasteiger partial charge in [0.05, 0.1) is 0 Å². The predicted octanol–water partition coefficient (Wildman–Crippen LogP) is 4.07. The quantitative estimate of drug-likeness (QED) is 0.850. The second-order valence-corrected chi connectivity index (χ2v) is 6.40. The summed E-state index contributed by atoms with van der Waals surface area (Å²) < 4.78 is 0. The van der Waals surface area contributed by atoms with E-state index in [4.69, 9.17) is 0 Å². The Morgan fingerprint density at radius 2 is 1.75 bits per heavy atom. The Hall–Kier alpha value is -1.67. The van der Waals surface area contributed by atoms with Crippen LogP contribution in [0.1, 0.15) is 37.6 Å². The highest BCUT2D eigenvalue weighted by atomic mass is 16.3. The minimum absolute atomic E-state index is 0.0195. The number of fused-ring (bicyclic) bond motifs is 1. The molecule has 0 aliphatic rings. The van der Waals surface area contributed by atoms with Crippen LogP contribution in [0.2, 0.25) is 0 Å². The molecule has 1 atom stereocenters. The first-order chi connectivity index (χ1) is 9.43. The molecule has 20 heavy (non-hydrogen) atoms. The lowest BCUT2D eigenvalue weighted by Gasteiger charge is -2.28. The Morgan fingerprint density at radius 1 is 1.10 bits per heavy atom. The van der Waals surface area contributed by atoms with Gasteiger partial charge in [0, 0.05) is 18.6 Å². The highest BCUT2D eigenvalue weighted by Crippen LogP contribution is 2.30. The van der Waals surface area contributed by atoms with Crippen LogP contribution < -0.4 is 0 Å². The lowest BCUT2D eigenvalue weighted by atomic mass is 9.77. The Bertz CT molecular complexity index is 603. The van der Waals surface area contributed by atoms with Gasteiger partial charge >= 0.3 is 0 Å². The van der Waals surface area contributed by atoms with Crippen LogP contribution in [-0.2, 0) is 0 Å². The topological polar surface area (TPSA) is 37.3 Å². The van der Waals surface area contributed by atoms with Crippen molar-refractivity contribution in [3.63, 3.8) is 0 Å². The van der Waals surface area contributed by atoms with Crippen LogP contribution in [0.4, 0.5) is 0 Å². The molecule has 0 saturated heterocycles. The second kappa shape index (κ2) is 5.76. The summed E-state index contributed by atoms with van der Waals surface area (Å²) in [6.07, 6.45) is 0.383. The molecule has 2 heteroatoms. The normalized spacial score (nSPS) is 13.4. The van der Waals surface area contributed by atoms with Gasteiger partial charge in [0.2, 0.25) is 0 Å². The van der Waals surface area contributed by atoms with Crippen LogP contribution in [-0.4, -0.2) is 17.5 Å². The number of aliphatic hydroxyl groups excluding tert-OH is 1. The molecule has 0 spiro atoms. The number of rotatable bonds is 4. The maximum absolute atomic E-state index is 12.6. The minimum Gasteiger partial charge on any atom is -0.396 e. The van der Waals surface area contributed by atoms with Crippen molar-refractivity contribution in [1.29, 1.82) is 0 Å². The first kappa shape index (κ1) is 14.7. The average molecular weight is 270 g/mol. The van der Waals surface area contributed by atoms with Gasteiger partial charge in [0.1, 0.15) is 0 Å². The number of aliphatic hydroxyl groups is 1. The molecular formula is C18H22O2. The average Bonchev–Trinajstić information content (AvgIpc) is 2.42. The first-order valence-corrected chi connectivity index (χ1v) is 7.05. The largest absolute Gasteiger partial charge is 0.396 e. The summed E-state index contributed by atoms with van der Waals surface area (Å²) >= 11 is 0. The van der Waals surface area contributed by atoms with Crippen LogP contribution in [0.25, 0.3) is 10.8 Å². The second-order valence-electron chi connectivity index (χ2n) is 6.40. The third-order valence-corrected chi connectivity index (χ3v) is 3.97. The number of Topliss-reactive ketones (excluding diaryl/α,β-unsaturated/α-hetero) is 1. The van der Waals surface area contributed by atoms with Crippen molar-refractivity contribution < 1.29 is 9.90 Å². The Morgan fingerprint density at radius 3 is 2.40 bits per heavy atom. The van der Waals surface area contributed by atoms with E-state index in [2.05, 4.69) is 20.8 Å². The van der Waals surface area contributed by atoms with E-state index >= 15 is 0 Å². The molecule has 0 bridgehead atoms. The SMILES string of the molecule is CC(C)(C)C(CO)CC(=O)c1cccc2ccccc12. The van der Waals surface area contributed by atoms with Crippen LogP contribution in [0.5, 0.6) is 0 Å². The zero-order valence-corrected chi connectivity index (χ0v) is 12.4. The van der Waals surface area contributed by atoms with Crippen LogP contribution >= 0.6 is 0 Å². The molecular weight excluding hydrogens is 248 g/mol. The van der Waals surface area contributed by atoms with Gasteiger partial charge in [-0.3, -0.25) is 4.79 Å². The fraction of sp³-hybridized carbons (Fsp3) is 0.389. The molecule has 2 aromatic carbocycles. The molecule has 1 unspecified atom stereocenters. The Labute approximate surface area is 120 Å². The number of ketones is 1. The number of hydrogen-bond donors (Lipinski definition) is 1. The fourth-order valence-corrected chi connectivity index (χ4v) is 2.45. The van der Waals surface area contributed by atoms with E-state index in [-0.39, 0.29) is 23.7 Å². The van der Waals surface area contributed by atoms with E-state index < -0.39 is 0 Å². The molecule has 0 aromatic heterocycles. The zero-order chi connectivity index (χ0) is 14.8. The van der Waals surface area contributed by atoms with E-state index in [1.54, 1.807) is 0 Å². The first-order valence-electron chi connectivity index (χ1n) is 7.05. The molecule has 0 saturated carbocycles. The molecule has 2 rings (SSSR count). The van der Waals surface area contributed by atoms with Gasteiger partial charge in [-0.05, 0) is 22.1 Å². The minimum atomic E-state index is -0.0744. The summed E-state index contributed by atoms with van der Waals surface area (Å²) in [6.45, 7) is 6.22. The third kappa shape index (κ3) is 3.07. The highest BCUT2D eigenvalue weighted by Gasteiger charge is 2.27. The molecule has 0 radical (unpaired) electrons. The van der Waals surface area contributed by atoms with Gasteiger partial charge in [0.15, 0.2) is 5.78 Å². The van der Waals surface area contributed by atoms with Crippen molar-refractivity contribution in [3.05, 3.63) is 48.0 Å².